The molecule has 4 aromatic heterocycles. The molecule has 3 N–H and O–H groups in total. The Balaban J connectivity index is 1.35. The second kappa shape index (κ2) is 7.79. The molecule has 2 bridgehead atoms. The summed E-state index contributed by atoms with van der Waals surface area (Å²) in [5, 5.41) is 13.9. The molecule has 0 radical (unpaired) electrons. The minimum atomic E-state index is -0.760. The smallest absolute Gasteiger partial charge is 0.208 e. The molecular weight excluding hydrogens is 456 g/mol. The predicted molar refractivity (Wildman–Crippen MR) is 121 cm³/mol. The Labute approximate surface area is 198 Å². The number of H-pyrrole nitrogens is 1. The molecule has 180 valence electrons. The molecule has 4 fully saturated rings. The van der Waals surface area contributed by atoms with Crippen LogP contribution in [0.5, 0.6) is 0 Å². The topological polar surface area (TPSA) is 117 Å². The summed E-state index contributed by atoms with van der Waals surface area (Å²) in [6.07, 6.45) is 10.7. The van der Waals surface area contributed by atoms with Gasteiger partial charge in [-0.1, -0.05) is 0 Å². The summed E-state index contributed by atoms with van der Waals surface area (Å²) >= 11 is 0. The number of pyridine rings is 1. The number of hydrogen-bond donors (Lipinski definition) is 3. The van der Waals surface area contributed by atoms with Gasteiger partial charge in [-0.25, -0.2) is 24.3 Å². The zero-order valence-corrected chi connectivity index (χ0v) is 18.6. The molecule has 9 nitrogen and oxygen atoms in total. The number of aromatic nitrogens is 6. The van der Waals surface area contributed by atoms with Crippen LogP contribution in [0.2, 0.25) is 0 Å². The number of hydrogen-bond acceptors (Lipinski definition) is 7. The third kappa shape index (κ3) is 3.41. The summed E-state index contributed by atoms with van der Waals surface area (Å²) in [6.45, 7) is 0. The Hall–Kier alpha value is -3.44. The first-order valence-electron chi connectivity index (χ1n) is 11.9. The zero-order chi connectivity index (χ0) is 23.7. The maximum Gasteiger partial charge on any atom is 0.208 e. The molecule has 0 amide bonds. The molecule has 1 aliphatic heterocycles. The number of rotatable bonds is 5. The van der Waals surface area contributed by atoms with E-state index in [0.29, 0.717) is 28.4 Å². The summed E-state index contributed by atoms with van der Waals surface area (Å²) in [6, 6.07) is 1.27. The number of imidazole rings is 1. The van der Waals surface area contributed by atoms with Gasteiger partial charge in [-0.15, -0.1) is 0 Å². The van der Waals surface area contributed by atoms with E-state index in [1.165, 1.54) is 17.0 Å². The van der Waals surface area contributed by atoms with Crippen LogP contribution in [0.1, 0.15) is 25.7 Å². The third-order valence-corrected chi connectivity index (χ3v) is 7.79. The molecule has 4 aliphatic rings. The van der Waals surface area contributed by atoms with Crippen LogP contribution in [0.25, 0.3) is 28.2 Å². The lowest BCUT2D eigenvalue weighted by molar-refractivity contribution is 0.0608. The van der Waals surface area contributed by atoms with Crippen LogP contribution in [0.4, 0.5) is 14.6 Å². The molecule has 3 aliphatic carbocycles. The van der Waals surface area contributed by atoms with Crippen molar-refractivity contribution in [1.29, 1.82) is 0 Å². The van der Waals surface area contributed by atoms with Gasteiger partial charge in [0.1, 0.15) is 23.9 Å². The Bertz CT molecular complexity index is 1400. The molecule has 4 aromatic rings. The van der Waals surface area contributed by atoms with Crippen molar-refractivity contribution >= 4 is 16.9 Å². The number of nitrogens with one attached hydrogen (secondary N) is 2. The molecule has 0 spiro atoms. The highest BCUT2D eigenvalue weighted by Gasteiger charge is 2.55. The fourth-order valence-corrected chi connectivity index (χ4v) is 6.11. The molecule has 11 heteroatoms. The molecule has 5 heterocycles. The molecule has 8 rings (SSSR count). The van der Waals surface area contributed by atoms with E-state index in [-0.39, 0.29) is 35.5 Å². The van der Waals surface area contributed by atoms with E-state index in [1.807, 2.05) is 0 Å². The SMILES string of the molecule is OC1OC1[C@H]1C2CCC(CC2)[C@@H]1Nc1nc(-c2c[nH]c3ncc(F)cc23)nc(-n2ccnc2)c1F. The minimum Gasteiger partial charge on any atom is -0.366 e. The summed E-state index contributed by atoms with van der Waals surface area (Å²) < 4.78 is 36.8. The summed E-state index contributed by atoms with van der Waals surface area (Å²) in [7, 11) is 0. The van der Waals surface area contributed by atoms with E-state index < -0.39 is 17.9 Å². The molecule has 35 heavy (non-hydrogen) atoms. The number of aromatic amines is 1. The standard InChI is InChI=1S/C24H23F2N7O2/c25-13-7-14-15(9-29-20(14)28-8-13)21-31-22(17(26)23(32-21)33-6-5-27-10-33)30-18-12-3-1-11(2-4-12)16(18)19-24(34)35-19/h5-12,16,18-19,24,34H,1-4H2,(H,28,29)(H,30,31,32)/t11?,12?,16-,18-,19?,24?/m0/s1. The fourth-order valence-electron chi connectivity index (χ4n) is 6.11. The maximum atomic E-state index is 15.9. The molecule has 3 saturated carbocycles. The maximum absolute atomic E-state index is 15.9. The lowest BCUT2D eigenvalue weighted by Gasteiger charge is -2.48. The number of halogens is 2. The molecule has 4 atom stereocenters. The monoisotopic (exact) mass is 479 g/mol. The highest BCUT2D eigenvalue weighted by Crippen LogP contribution is 2.51. The van der Waals surface area contributed by atoms with Gasteiger partial charge in [0.25, 0.3) is 0 Å². The van der Waals surface area contributed by atoms with Crippen LogP contribution < -0.4 is 5.32 Å². The van der Waals surface area contributed by atoms with Crippen LogP contribution in [0.3, 0.4) is 0 Å². The molecule has 1 saturated heterocycles. The van der Waals surface area contributed by atoms with Crippen LogP contribution in [0, 0.1) is 29.4 Å². The van der Waals surface area contributed by atoms with E-state index in [0.717, 1.165) is 31.9 Å². The van der Waals surface area contributed by atoms with E-state index in [9.17, 15) is 9.50 Å². The van der Waals surface area contributed by atoms with Crippen molar-refractivity contribution in [1.82, 2.24) is 29.5 Å². The van der Waals surface area contributed by atoms with E-state index >= 15 is 4.39 Å². The zero-order valence-electron chi connectivity index (χ0n) is 18.6. The van der Waals surface area contributed by atoms with Gasteiger partial charge in [-0.2, -0.15) is 4.39 Å². The van der Waals surface area contributed by atoms with Gasteiger partial charge in [0.2, 0.25) is 5.82 Å². The van der Waals surface area contributed by atoms with Gasteiger partial charge >= 0.3 is 0 Å². The number of fused-ring (bicyclic) bond motifs is 4. The van der Waals surface area contributed by atoms with Crippen molar-refractivity contribution in [3.8, 4) is 17.2 Å². The summed E-state index contributed by atoms with van der Waals surface area (Å²) in [5.41, 5.74) is 0.997. The lowest BCUT2D eigenvalue weighted by atomic mass is 9.60. The minimum absolute atomic E-state index is 0.0361. The van der Waals surface area contributed by atoms with Gasteiger partial charge < -0.3 is 20.1 Å². The van der Waals surface area contributed by atoms with Gasteiger partial charge in [-0.05, 0) is 43.6 Å². The number of ether oxygens (including phenoxy) is 1. The number of anilines is 1. The van der Waals surface area contributed by atoms with Crippen molar-refractivity contribution in [2.45, 2.75) is 44.1 Å². The molecule has 0 aromatic carbocycles. The van der Waals surface area contributed by atoms with Gasteiger partial charge in [0.05, 0.1) is 6.20 Å². The predicted octanol–water partition coefficient (Wildman–Crippen LogP) is 3.42. The fraction of sp³-hybridized carbons (Fsp3) is 0.417. The first-order chi connectivity index (χ1) is 17.1. The summed E-state index contributed by atoms with van der Waals surface area (Å²) in [5.74, 6) is 0.0760. The second-order valence-corrected chi connectivity index (χ2v) is 9.67. The Morgan fingerprint density at radius 2 is 1.94 bits per heavy atom. The number of nitrogens with zero attached hydrogens (tertiary/aromatic N) is 5. The van der Waals surface area contributed by atoms with Crippen molar-refractivity contribution in [2.75, 3.05) is 5.32 Å². The average Bonchev–Trinajstić information content (AvgIpc) is 3.25. The average molecular weight is 479 g/mol. The second-order valence-electron chi connectivity index (χ2n) is 9.67. The highest BCUT2D eigenvalue weighted by molar-refractivity contribution is 5.91. The number of epoxide rings is 1. The van der Waals surface area contributed by atoms with Crippen molar-refractivity contribution in [3.63, 3.8) is 0 Å². The van der Waals surface area contributed by atoms with E-state index in [2.05, 4.69) is 30.2 Å². The van der Waals surface area contributed by atoms with Crippen molar-refractivity contribution in [3.05, 3.63) is 48.8 Å². The van der Waals surface area contributed by atoms with Crippen molar-refractivity contribution in [2.24, 2.45) is 17.8 Å². The first-order valence-corrected chi connectivity index (χ1v) is 11.9. The van der Waals surface area contributed by atoms with E-state index in [4.69, 9.17) is 4.74 Å². The summed E-state index contributed by atoms with van der Waals surface area (Å²) in [4.78, 5) is 20.2. The molecular formula is C24H23F2N7O2. The van der Waals surface area contributed by atoms with Crippen LogP contribution in [-0.4, -0.2) is 53.0 Å². The third-order valence-electron chi connectivity index (χ3n) is 7.79. The Morgan fingerprint density at radius 3 is 2.69 bits per heavy atom. The Morgan fingerprint density at radius 1 is 1.14 bits per heavy atom. The lowest BCUT2D eigenvalue weighted by Crippen LogP contribution is -2.51. The highest BCUT2D eigenvalue weighted by atomic mass is 19.1. The molecule has 2 unspecified atom stereocenters. The van der Waals surface area contributed by atoms with Crippen LogP contribution in [-0.2, 0) is 4.74 Å². The number of aliphatic hydroxyl groups is 1. The number of aliphatic hydroxyl groups excluding tert-OH is 1. The van der Waals surface area contributed by atoms with Gasteiger partial charge in [0.15, 0.2) is 23.8 Å². The quantitative estimate of drug-likeness (QED) is 0.376. The van der Waals surface area contributed by atoms with Gasteiger partial charge in [-0.3, -0.25) is 4.57 Å². The van der Waals surface area contributed by atoms with Crippen LogP contribution in [0.15, 0.2) is 37.2 Å². The largest absolute Gasteiger partial charge is 0.366 e. The van der Waals surface area contributed by atoms with Crippen molar-refractivity contribution < 1.29 is 18.6 Å². The Kier molecular flexibility index (Phi) is 4.65. The van der Waals surface area contributed by atoms with Crippen LogP contribution >= 0.6 is 0 Å². The van der Waals surface area contributed by atoms with Gasteiger partial charge in [0, 0.05) is 41.5 Å². The normalized spacial score (nSPS) is 29.6. The van der Waals surface area contributed by atoms with E-state index in [1.54, 1.807) is 18.6 Å². The first kappa shape index (κ1) is 20.9.